The SMILES string of the molecule is CCC(=O)N(c1nnc(SCC(=O)N(C)C2(C#N)CCCCC2)s1)C1CC1. The molecule has 1 aromatic rings. The summed E-state index contributed by atoms with van der Waals surface area (Å²) in [5.41, 5.74) is -0.668. The molecule has 0 radical (unpaired) electrons. The molecule has 27 heavy (non-hydrogen) atoms. The second-order valence-electron chi connectivity index (χ2n) is 7.14. The van der Waals surface area contributed by atoms with Gasteiger partial charge in [-0.1, -0.05) is 49.3 Å². The molecule has 2 aliphatic carbocycles. The Bertz CT molecular complexity index is 734. The zero-order chi connectivity index (χ0) is 19.4. The molecule has 9 heteroatoms. The Morgan fingerprint density at radius 1 is 1.26 bits per heavy atom. The molecule has 1 heterocycles. The van der Waals surface area contributed by atoms with Gasteiger partial charge in [0.05, 0.1) is 11.8 Å². The van der Waals surface area contributed by atoms with Gasteiger partial charge in [-0.25, -0.2) is 0 Å². The smallest absolute Gasteiger partial charge is 0.234 e. The normalized spacial score (nSPS) is 18.6. The molecule has 0 N–H and O–H groups in total. The van der Waals surface area contributed by atoms with Gasteiger partial charge in [0.25, 0.3) is 0 Å². The average molecular weight is 408 g/mol. The summed E-state index contributed by atoms with van der Waals surface area (Å²) in [7, 11) is 1.73. The zero-order valence-corrected chi connectivity index (χ0v) is 17.4. The Morgan fingerprint density at radius 2 is 1.96 bits per heavy atom. The van der Waals surface area contributed by atoms with E-state index >= 15 is 0 Å². The number of nitriles is 1. The van der Waals surface area contributed by atoms with Crippen LogP contribution in [-0.2, 0) is 9.59 Å². The first kappa shape index (κ1) is 20.1. The Morgan fingerprint density at radius 3 is 2.56 bits per heavy atom. The number of nitrogens with zero attached hydrogens (tertiary/aromatic N) is 5. The summed E-state index contributed by atoms with van der Waals surface area (Å²) in [6.45, 7) is 1.85. The van der Waals surface area contributed by atoms with Gasteiger partial charge < -0.3 is 4.90 Å². The van der Waals surface area contributed by atoms with Crippen LogP contribution in [0.5, 0.6) is 0 Å². The fourth-order valence-electron chi connectivity index (χ4n) is 3.45. The Hall–Kier alpha value is -1.66. The maximum absolute atomic E-state index is 12.6. The fraction of sp³-hybridized carbons (Fsp3) is 0.722. The van der Waals surface area contributed by atoms with Crippen molar-refractivity contribution < 1.29 is 9.59 Å². The number of hydrogen-bond donors (Lipinski definition) is 0. The number of carbonyl (C=O) groups is 2. The minimum atomic E-state index is -0.668. The highest BCUT2D eigenvalue weighted by molar-refractivity contribution is 8.01. The van der Waals surface area contributed by atoms with E-state index in [0.717, 1.165) is 44.9 Å². The summed E-state index contributed by atoms with van der Waals surface area (Å²) in [4.78, 5) is 28.2. The predicted molar refractivity (Wildman–Crippen MR) is 106 cm³/mol. The molecule has 0 aliphatic heterocycles. The van der Waals surface area contributed by atoms with Gasteiger partial charge in [-0.15, -0.1) is 10.2 Å². The first-order valence-corrected chi connectivity index (χ1v) is 11.3. The second kappa shape index (κ2) is 8.57. The third-order valence-electron chi connectivity index (χ3n) is 5.31. The quantitative estimate of drug-likeness (QED) is 0.509. The van der Waals surface area contributed by atoms with E-state index in [1.54, 1.807) is 16.8 Å². The van der Waals surface area contributed by atoms with Crippen molar-refractivity contribution in [2.45, 2.75) is 74.2 Å². The minimum absolute atomic E-state index is 0.0641. The number of aromatic nitrogens is 2. The Balaban J connectivity index is 1.60. The number of anilines is 1. The molecule has 2 saturated carbocycles. The molecule has 2 fully saturated rings. The molecule has 1 aromatic heterocycles. The van der Waals surface area contributed by atoms with Crippen LogP contribution in [0.2, 0.25) is 0 Å². The molecule has 2 aliphatic rings. The maximum Gasteiger partial charge on any atom is 0.234 e. The summed E-state index contributed by atoms with van der Waals surface area (Å²) in [5, 5.41) is 18.6. The van der Waals surface area contributed by atoms with E-state index in [9.17, 15) is 14.9 Å². The van der Waals surface area contributed by atoms with Crippen LogP contribution in [-0.4, -0.2) is 51.3 Å². The average Bonchev–Trinajstić information content (AvgIpc) is 3.43. The summed E-state index contributed by atoms with van der Waals surface area (Å²) >= 11 is 2.68. The van der Waals surface area contributed by atoms with Crippen molar-refractivity contribution in [2.75, 3.05) is 17.7 Å². The lowest BCUT2D eigenvalue weighted by molar-refractivity contribution is -0.131. The van der Waals surface area contributed by atoms with Gasteiger partial charge in [-0.3, -0.25) is 14.5 Å². The lowest BCUT2D eigenvalue weighted by Gasteiger charge is -2.38. The molecule has 0 aromatic carbocycles. The van der Waals surface area contributed by atoms with Gasteiger partial charge in [0.2, 0.25) is 16.9 Å². The molecule has 146 valence electrons. The molecule has 0 bridgehead atoms. The largest absolute Gasteiger partial charge is 0.326 e. The van der Waals surface area contributed by atoms with E-state index in [2.05, 4.69) is 16.3 Å². The first-order valence-electron chi connectivity index (χ1n) is 9.47. The number of carbonyl (C=O) groups excluding carboxylic acids is 2. The van der Waals surface area contributed by atoms with E-state index < -0.39 is 5.54 Å². The lowest BCUT2D eigenvalue weighted by atomic mass is 9.81. The highest BCUT2D eigenvalue weighted by atomic mass is 32.2. The standard InChI is InChI=1S/C18H25N5O2S2/c1-3-14(24)23(13-7-8-13)16-20-21-17(27-16)26-11-15(25)22(2)18(12-19)9-5-4-6-10-18/h13H,3-11H2,1-2H3. The Kier molecular flexibility index (Phi) is 6.37. The highest BCUT2D eigenvalue weighted by Crippen LogP contribution is 2.37. The summed E-state index contributed by atoms with van der Waals surface area (Å²) in [5.74, 6) is 0.220. The van der Waals surface area contributed by atoms with Crippen LogP contribution in [0, 0.1) is 11.3 Å². The van der Waals surface area contributed by atoms with E-state index in [1.807, 2.05) is 6.92 Å². The molecule has 0 saturated heterocycles. The second-order valence-corrected chi connectivity index (χ2v) is 9.32. The van der Waals surface area contributed by atoms with E-state index in [4.69, 9.17) is 0 Å². The van der Waals surface area contributed by atoms with Crippen molar-refractivity contribution in [1.29, 1.82) is 5.26 Å². The van der Waals surface area contributed by atoms with Gasteiger partial charge in [0.15, 0.2) is 4.34 Å². The Labute approximate surface area is 168 Å². The van der Waals surface area contributed by atoms with Crippen LogP contribution in [0.15, 0.2) is 4.34 Å². The third kappa shape index (κ3) is 4.43. The van der Waals surface area contributed by atoms with E-state index in [-0.39, 0.29) is 23.6 Å². The number of thioether (sulfide) groups is 1. The fourth-order valence-corrected chi connectivity index (χ4v) is 5.29. The third-order valence-corrected chi connectivity index (χ3v) is 7.35. The van der Waals surface area contributed by atoms with Gasteiger partial charge in [-0.05, 0) is 25.7 Å². The van der Waals surface area contributed by atoms with Crippen LogP contribution in [0.3, 0.4) is 0 Å². The van der Waals surface area contributed by atoms with Crippen molar-refractivity contribution >= 4 is 40.0 Å². The van der Waals surface area contributed by atoms with Crippen LogP contribution < -0.4 is 4.90 Å². The minimum Gasteiger partial charge on any atom is -0.326 e. The number of rotatable bonds is 7. The summed E-state index contributed by atoms with van der Waals surface area (Å²) in [6.07, 6.45) is 7.05. The molecule has 0 spiro atoms. The highest BCUT2D eigenvalue weighted by Gasteiger charge is 2.39. The summed E-state index contributed by atoms with van der Waals surface area (Å²) < 4.78 is 0.677. The van der Waals surface area contributed by atoms with Crippen molar-refractivity contribution in [1.82, 2.24) is 15.1 Å². The number of amides is 2. The predicted octanol–water partition coefficient (Wildman–Crippen LogP) is 3.22. The van der Waals surface area contributed by atoms with Crippen molar-refractivity contribution in [3.63, 3.8) is 0 Å². The molecule has 7 nitrogen and oxygen atoms in total. The summed E-state index contributed by atoms with van der Waals surface area (Å²) in [6, 6.07) is 2.63. The molecular formula is C18H25N5O2S2. The van der Waals surface area contributed by atoms with E-state index in [0.29, 0.717) is 15.9 Å². The van der Waals surface area contributed by atoms with Crippen LogP contribution in [0.4, 0.5) is 5.13 Å². The molecular weight excluding hydrogens is 382 g/mol. The van der Waals surface area contributed by atoms with Crippen LogP contribution in [0.25, 0.3) is 0 Å². The first-order chi connectivity index (χ1) is 13.0. The topological polar surface area (TPSA) is 90.2 Å². The monoisotopic (exact) mass is 407 g/mol. The van der Waals surface area contributed by atoms with Gasteiger partial charge >= 0.3 is 0 Å². The zero-order valence-electron chi connectivity index (χ0n) is 15.8. The van der Waals surface area contributed by atoms with Crippen molar-refractivity contribution in [2.24, 2.45) is 0 Å². The lowest BCUT2D eigenvalue weighted by Crippen LogP contribution is -2.50. The molecule has 0 atom stereocenters. The molecule has 3 rings (SSSR count). The van der Waals surface area contributed by atoms with Crippen LogP contribution >= 0.6 is 23.1 Å². The van der Waals surface area contributed by atoms with E-state index in [1.165, 1.54) is 23.1 Å². The maximum atomic E-state index is 12.6. The van der Waals surface area contributed by atoms with Crippen molar-refractivity contribution in [3.8, 4) is 6.07 Å². The number of hydrogen-bond acceptors (Lipinski definition) is 7. The van der Waals surface area contributed by atoms with Gasteiger partial charge in [-0.2, -0.15) is 5.26 Å². The molecule has 2 amide bonds. The van der Waals surface area contributed by atoms with Crippen molar-refractivity contribution in [3.05, 3.63) is 0 Å². The molecule has 0 unspecified atom stereocenters. The van der Waals surface area contributed by atoms with Gasteiger partial charge in [0.1, 0.15) is 5.54 Å². The van der Waals surface area contributed by atoms with Crippen LogP contribution in [0.1, 0.15) is 58.3 Å². The van der Waals surface area contributed by atoms with Gasteiger partial charge in [0, 0.05) is 19.5 Å².